The lowest BCUT2D eigenvalue weighted by Gasteiger charge is -2.37. The molecule has 2 heteroatoms. The summed E-state index contributed by atoms with van der Waals surface area (Å²) < 4.78 is 0. The molecule has 3 atom stereocenters. The maximum Gasteiger partial charge on any atom is 0.0651 e. The van der Waals surface area contributed by atoms with Crippen LogP contribution >= 0.6 is 0 Å². The van der Waals surface area contributed by atoms with Crippen molar-refractivity contribution in [3.63, 3.8) is 0 Å². The Kier molecular flexibility index (Phi) is 5.75. The van der Waals surface area contributed by atoms with Gasteiger partial charge in [0, 0.05) is 39.3 Å². The van der Waals surface area contributed by atoms with Crippen LogP contribution in [0.5, 0.6) is 0 Å². The molecule has 0 N–H and O–H groups in total. The van der Waals surface area contributed by atoms with Gasteiger partial charge in [0.25, 0.3) is 0 Å². The van der Waals surface area contributed by atoms with Crippen molar-refractivity contribution < 1.29 is 0 Å². The van der Waals surface area contributed by atoms with E-state index in [2.05, 4.69) is 171 Å². The Balaban J connectivity index is 1.29. The standard InChI is InChI=1S/C41H38N2/c1-28-13-12-16-30(25-28)43-38-23-21-32(27-37(38)41(4)24-11-10-19-39(41)43)42(29-14-6-5-7-15-29)31-20-22-34-33-17-8-9-18-35(33)40(2,3)36(34)26-31/h5-24,26-28,39H,25H2,1-4H3. The number of hydrogen-bond donors (Lipinski definition) is 0. The van der Waals surface area contributed by atoms with Crippen LogP contribution in [0.1, 0.15) is 50.8 Å². The molecule has 4 aliphatic rings. The van der Waals surface area contributed by atoms with Crippen LogP contribution in [0.15, 0.2) is 139 Å². The van der Waals surface area contributed by atoms with E-state index in [4.69, 9.17) is 0 Å². The predicted octanol–water partition coefficient (Wildman–Crippen LogP) is 10.5. The van der Waals surface area contributed by atoms with Gasteiger partial charge in [0.05, 0.1) is 6.04 Å². The van der Waals surface area contributed by atoms with Gasteiger partial charge in [-0.25, -0.2) is 0 Å². The van der Waals surface area contributed by atoms with Gasteiger partial charge in [-0.05, 0) is 95.6 Å². The highest BCUT2D eigenvalue weighted by molar-refractivity contribution is 5.86. The number of allylic oxidation sites excluding steroid dienone is 6. The highest BCUT2D eigenvalue weighted by Gasteiger charge is 2.47. The second-order valence-corrected chi connectivity index (χ2v) is 13.3. The highest BCUT2D eigenvalue weighted by Crippen LogP contribution is 2.54. The number of anilines is 4. The van der Waals surface area contributed by atoms with Crippen LogP contribution in [0.4, 0.5) is 22.7 Å². The van der Waals surface area contributed by atoms with Crippen LogP contribution in [0.3, 0.4) is 0 Å². The monoisotopic (exact) mass is 558 g/mol. The van der Waals surface area contributed by atoms with E-state index in [1.165, 1.54) is 56.3 Å². The van der Waals surface area contributed by atoms with Crippen LogP contribution in [0, 0.1) is 5.92 Å². The topological polar surface area (TPSA) is 6.48 Å². The molecule has 1 heterocycles. The van der Waals surface area contributed by atoms with Crippen molar-refractivity contribution >= 4 is 22.7 Å². The normalized spacial score (nSPS) is 23.8. The summed E-state index contributed by atoms with van der Waals surface area (Å²) in [5, 5.41) is 0. The third-order valence-electron chi connectivity index (χ3n) is 10.2. The van der Waals surface area contributed by atoms with E-state index in [-0.39, 0.29) is 16.9 Å². The zero-order chi connectivity index (χ0) is 29.3. The molecule has 0 aromatic heterocycles. The summed E-state index contributed by atoms with van der Waals surface area (Å²) in [7, 11) is 0. The summed E-state index contributed by atoms with van der Waals surface area (Å²) in [6, 6.07) is 34.2. The quantitative estimate of drug-likeness (QED) is 0.246. The molecule has 8 rings (SSSR count). The Bertz CT molecular complexity index is 1870. The van der Waals surface area contributed by atoms with Crippen molar-refractivity contribution in [3.8, 4) is 11.1 Å². The highest BCUT2D eigenvalue weighted by atomic mass is 15.2. The van der Waals surface area contributed by atoms with Crippen LogP contribution in [-0.4, -0.2) is 6.04 Å². The van der Waals surface area contributed by atoms with Crippen molar-refractivity contribution in [3.05, 3.63) is 156 Å². The molecule has 3 aliphatic carbocycles. The second kappa shape index (κ2) is 9.47. The Morgan fingerprint density at radius 1 is 0.674 bits per heavy atom. The Morgan fingerprint density at radius 2 is 1.40 bits per heavy atom. The van der Waals surface area contributed by atoms with Crippen molar-refractivity contribution in [1.29, 1.82) is 0 Å². The summed E-state index contributed by atoms with van der Waals surface area (Å²) in [6.07, 6.45) is 17.2. The fourth-order valence-electron chi connectivity index (χ4n) is 7.97. The number of rotatable bonds is 4. The van der Waals surface area contributed by atoms with Gasteiger partial charge >= 0.3 is 0 Å². The zero-order valence-electron chi connectivity index (χ0n) is 25.5. The largest absolute Gasteiger partial charge is 0.337 e. The van der Waals surface area contributed by atoms with E-state index < -0.39 is 0 Å². The first kappa shape index (κ1) is 26.1. The number of fused-ring (bicyclic) bond motifs is 6. The smallest absolute Gasteiger partial charge is 0.0651 e. The summed E-state index contributed by atoms with van der Waals surface area (Å²) in [6.45, 7) is 9.44. The minimum absolute atomic E-state index is 0.0536. The van der Waals surface area contributed by atoms with Gasteiger partial charge in [-0.2, -0.15) is 0 Å². The van der Waals surface area contributed by atoms with Crippen LogP contribution in [0.2, 0.25) is 0 Å². The fourth-order valence-corrected chi connectivity index (χ4v) is 7.97. The molecule has 212 valence electrons. The summed E-state index contributed by atoms with van der Waals surface area (Å²) in [5.74, 6) is 0.543. The minimum Gasteiger partial charge on any atom is -0.337 e. The molecule has 1 aliphatic heterocycles. The summed E-state index contributed by atoms with van der Waals surface area (Å²) in [5.41, 5.74) is 13.0. The van der Waals surface area contributed by atoms with E-state index in [9.17, 15) is 0 Å². The molecule has 0 amide bonds. The van der Waals surface area contributed by atoms with Gasteiger partial charge in [-0.15, -0.1) is 0 Å². The molecular weight excluding hydrogens is 520 g/mol. The molecule has 0 radical (unpaired) electrons. The molecule has 43 heavy (non-hydrogen) atoms. The van der Waals surface area contributed by atoms with Crippen molar-refractivity contribution in [2.45, 2.75) is 51.0 Å². The summed E-state index contributed by atoms with van der Waals surface area (Å²) >= 11 is 0. The van der Waals surface area contributed by atoms with E-state index in [1.807, 2.05) is 0 Å². The van der Waals surface area contributed by atoms with Crippen LogP contribution < -0.4 is 9.80 Å². The maximum absolute atomic E-state index is 2.60. The number of para-hydroxylation sites is 1. The van der Waals surface area contributed by atoms with Crippen LogP contribution in [-0.2, 0) is 10.8 Å². The fraction of sp³-hybridized carbons (Fsp3) is 0.220. The van der Waals surface area contributed by atoms with E-state index in [0.29, 0.717) is 5.92 Å². The lowest BCUT2D eigenvalue weighted by molar-refractivity contribution is 0.530. The summed E-state index contributed by atoms with van der Waals surface area (Å²) in [4.78, 5) is 5.04. The third-order valence-corrected chi connectivity index (χ3v) is 10.2. The Labute approximate surface area is 256 Å². The van der Waals surface area contributed by atoms with E-state index in [0.717, 1.165) is 6.42 Å². The molecule has 0 saturated heterocycles. The first-order valence-corrected chi connectivity index (χ1v) is 15.6. The molecule has 0 fully saturated rings. The molecule has 0 bridgehead atoms. The lowest BCUT2D eigenvalue weighted by Crippen LogP contribution is -2.41. The first-order valence-electron chi connectivity index (χ1n) is 15.6. The third kappa shape index (κ3) is 3.86. The average molecular weight is 559 g/mol. The van der Waals surface area contributed by atoms with E-state index >= 15 is 0 Å². The molecule has 2 nitrogen and oxygen atoms in total. The number of nitrogens with zero attached hydrogens (tertiary/aromatic N) is 2. The SMILES string of the molecule is CC1C=CC=C(N2c3ccc(N(c4ccccc4)c4ccc5c(c4)C(C)(C)c4ccccc4-5)cc3C3(C)C=CC=CC23)C1. The lowest BCUT2D eigenvalue weighted by atomic mass is 9.76. The van der Waals surface area contributed by atoms with Crippen molar-refractivity contribution in [2.75, 3.05) is 9.80 Å². The molecule has 0 spiro atoms. The molecular formula is C41H38N2. The zero-order valence-corrected chi connectivity index (χ0v) is 25.5. The predicted molar refractivity (Wildman–Crippen MR) is 182 cm³/mol. The molecule has 0 saturated carbocycles. The molecule has 4 aromatic rings. The maximum atomic E-state index is 2.60. The van der Waals surface area contributed by atoms with Gasteiger partial charge in [0.15, 0.2) is 0 Å². The van der Waals surface area contributed by atoms with Gasteiger partial charge in [-0.1, -0.05) is 106 Å². The molecule has 3 unspecified atom stereocenters. The van der Waals surface area contributed by atoms with Gasteiger partial charge in [-0.3, -0.25) is 0 Å². The van der Waals surface area contributed by atoms with Gasteiger partial charge in [0.2, 0.25) is 0 Å². The van der Waals surface area contributed by atoms with Crippen molar-refractivity contribution in [2.24, 2.45) is 5.92 Å². The number of hydrogen-bond acceptors (Lipinski definition) is 2. The molecule has 4 aromatic carbocycles. The van der Waals surface area contributed by atoms with Gasteiger partial charge < -0.3 is 9.80 Å². The minimum atomic E-state index is -0.116. The number of benzene rings is 4. The van der Waals surface area contributed by atoms with Crippen LogP contribution in [0.25, 0.3) is 11.1 Å². The Hall–Kier alpha value is -4.56. The van der Waals surface area contributed by atoms with Gasteiger partial charge in [0.1, 0.15) is 0 Å². The Morgan fingerprint density at radius 3 is 2.21 bits per heavy atom. The van der Waals surface area contributed by atoms with Crippen molar-refractivity contribution in [1.82, 2.24) is 0 Å². The second-order valence-electron chi connectivity index (χ2n) is 13.3. The van der Waals surface area contributed by atoms with E-state index in [1.54, 1.807) is 0 Å². The first-order chi connectivity index (χ1) is 20.9. The average Bonchev–Trinajstić information content (AvgIpc) is 3.42.